The highest BCUT2D eigenvalue weighted by Crippen LogP contribution is 2.21. The van der Waals surface area contributed by atoms with Crippen molar-refractivity contribution >= 4 is 5.91 Å². The number of hydrogen-bond donors (Lipinski definition) is 1. The number of nitrogens with zero attached hydrogens (tertiary/aromatic N) is 1. The summed E-state index contributed by atoms with van der Waals surface area (Å²) in [6.07, 6.45) is 3.60. The van der Waals surface area contributed by atoms with E-state index in [0.29, 0.717) is 13.0 Å². The van der Waals surface area contributed by atoms with E-state index in [1.165, 1.54) is 0 Å². The molecule has 1 amide bonds. The largest absolute Gasteiger partial charge is 0.381 e. The number of hydrogen-bond acceptors (Lipinski definition) is 3. The summed E-state index contributed by atoms with van der Waals surface area (Å²) in [5, 5.41) is 3.34. The topological polar surface area (TPSA) is 41.6 Å². The summed E-state index contributed by atoms with van der Waals surface area (Å²) < 4.78 is 5.35. The van der Waals surface area contributed by atoms with Crippen LogP contribution in [0.4, 0.5) is 0 Å². The van der Waals surface area contributed by atoms with Crippen molar-refractivity contribution in [2.24, 2.45) is 0 Å². The summed E-state index contributed by atoms with van der Waals surface area (Å²) in [4.78, 5) is 13.9. The molecule has 0 aromatic carbocycles. The average molecular weight is 242 g/mol. The molecule has 0 aliphatic carbocycles. The lowest BCUT2D eigenvalue weighted by Gasteiger charge is -2.39. The van der Waals surface area contributed by atoms with E-state index >= 15 is 0 Å². The second kappa shape index (κ2) is 6.97. The van der Waals surface area contributed by atoms with Gasteiger partial charge in [0, 0.05) is 25.2 Å². The van der Waals surface area contributed by atoms with E-state index < -0.39 is 0 Å². The molecule has 0 radical (unpaired) electrons. The number of likely N-dealkylation sites (tertiary alicyclic amines) is 1. The van der Waals surface area contributed by atoms with Gasteiger partial charge in [0.15, 0.2) is 0 Å². The van der Waals surface area contributed by atoms with E-state index in [9.17, 15) is 4.79 Å². The number of carbonyl (C=O) groups excluding carboxylic acids is 1. The van der Waals surface area contributed by atoms with E-state index in [-0.39, 0.29) is 11.4 Å². The second-order valence-corrected chi connectivity index (χ2v) is 5.05. The number of nitrogens with one attached hydrogen (secondary N) is 1. The van der Waals surface area contributed by atoms with Crippen molar-refractivity contribution in [3.63, 3.8) is 0 Å². The first-order valence-electron chi connectivity index (χ1n) is 6.66. The average Bonchev–Trinajstić information content (AvgIpc) is 2.35. The molecular formula is C13H26N2O2. The highest BCUT2D eigenvalue weighted by atomic mass is 16.5. The van der Waals surface area contributed by atoms with Gasteiger partial charge in [0.25, 0.3) is 0 Å². The van der Waals surface area contributed by atoms with Crippen LogP contribution in [0, 0.1) is 0 Å². The standard InChI is InChI=1S/C13H26N2O2/c1-4-10-17-11-5-12(16)15-8-6-13(2,14-3)7-9-15/h14H,4-11H2,1-3H3. The first kappa shape index (κ1) is 14.5. The number of rotatable bonds is 6. The third kappa shape index (κ3) is 4.64. The van der Waals surface area contributed by atoms with Gasteiger partial charge >= 0.3 is 0 Å². The molecule has 1 aliphatic rings. The molecule has 0 atom stereocenters. The molecule has 100 valence electrons. The third-order valence-corrected chi connectivity index (χ3v) is 3.63. The zero-order valence-corrected chi connectivity index (χ0v) is 11.4. The van der Waals surface area contributed by atoms with Crippen molar-refractivity contribution in [1.82, 2.24) is 10.2 Å². The van der Waals surface area contributed by atoms with Gasteiger partial charge in [-0.05, 0) is 33.2 Å². The molecule has 1 aliphatic heterocycles. The Kier molecular flexibility index (Phi) is 5.92. The first-order valence-corrected chi connectivity index (χ1v) is 6.66. The van der Waals surface area contributed by atoms with Crippen molar-refractivity contribution in [3.05, 3.63) is 0 Å². The Balaban J connectivity index is 2.22. The van der Waals surface area contributed by atoms with Gasteiger partial charge in [-0.3, -0.25) is 4.79 Å². The van der Waals surface area contributed by atoms with Gasteiger partial charge in [-0.1, -0.05) is 6.92 Å². The van der Waals surface area contributed by atoms with E-state index in [0.717, 1.165) is 39.0 Å². The minimum Gasteiger partial charge on any atom is -0.381 e. The molecular weight excluding hydrogens is 216 g/mol. The van der Waals surface area contributed by atoms with Crippen LogP contribution in [-0.2, 0) is 9.53 Å². The fraction of sp³-hybridized carbons (Fsp3) is 0.923. The second-order valence-electron chi connectivity index (χ2n) is 5.05. The highest BCUT2D eigenvalue weighted by Gasteiger charge is 2.29. The number of carbonyl (C=O) groups is 1. The molecule has 1 saturated heterocycles. The maximum absolute atomic E-state index is 11.9. The quantitative estimate of drug-likeness (QED) is 0.716. The van der Waals surface area contributed by atoms with Gasteiger partial charge in [0.1, 0.15) is 0 Å². The van der Waals surface area contributed by atoms with Crippen LogP contribution in [-0.4, -0.2) is 49.7 Å². The van der Waals surface area contributed by atoms with Crippen LogP contribution >= 0.6 is 0 Å². The summed E-state index contributed by atoms with van der Waals surface area (Å²) in [7, 11) is 2.00. The predicted molar refractivity (Wildman–Crippen MR) is 69.0 cm³/mol. The maximum Gasteiger partial charge on any atom is 0.224 e. The van der Waals surface area contributed by atoms with Crippen LogP contribution in [0.3, 0.4) is 0 Å². The lowest BCUT2D eigenvalue weighted by Crippen LogP contribution is -2.51. The van der Waals surface area contributed by atoms with Crippen LogP contribution in [0.2, 0.25) is 0 Å². The first-order chi connectivity index (χ1) is 8.11. The number of amides is 1. The van der Waals surface area contributed by atoms with E-state index in [1.807, 2.05) is 11.9 Å². The summed E-state index contributed by atoms with van der Waals surface area (Å²) >= 11 is 0. The zero-order chi connectivity index (χ0) is 12.7. The molecule has 17 heavy (non-hydrogen) atoms. The molecule has 1 rings (SSSR count). The van der Waals surface area contributed by atoms with Gasteiger partial charge in [-0.25, -0.2) is 0 Å². The smallest absolute Gasteiger partial charge is 0.224 e. The lowest BCUT2D eigenvalue weighted by atomic mass is 9.90. The zero-order valence-electron chi connectivity index (χ0n) is 11.4. The fourth-order valence-electron chi connectivity index (χ4n) is 2.06. The van der Waals surface area contributed by atoms with Crippen molar-refractivity contribution in [2.45, 2.75) is 45.1 Å². The van der Waals surface area contributed by atoms with Gasteiger partial charge < -0.3 is 15.0 Å². The van der Waals surface area contributed by atoms with Gasteiger partial charge in [0.05, 0.1) is 13.0 Å². The van der Waals surface area contributed by atoms with Crippen molar-refractivity contribution in [2.75, 3.05) is 33.4 Å². The van der Waals surface area contributed by atoms with Crippen molar-refractivity contribution in [1.29, 1.82) is 0 Å². The van der Waals surface area contributed by atoms with Gasteiger partial charge in [-0.2, -0.15) is 0 Å². The Morgan fingerprint density at radius 2 is 2.00 bits per heavy atom. The van der Waals surface area contributed by atoms with E-state index in [2.05, 4.69) is 19.2 Å². The van der Waals surface area contributed by atoms with Crippen molar-refractivity contribution < 1.29 is 9.53 Å². The van der Waals surface area contributed by atoms with E-state index in [4.69, 9.17) is 4.74 Å². The lowest BCUT2D eigenvalue weighted by molar-refractivity contribution is -0.134. The van der Waals surface area contributed by atoms with E-state index in [1.54, 1.807) is 0 Å². The summed E-state index contributed by atoms with van der Waals surface area (Å²) in [6, 6.07) is 0. The minimum absolute atomic E-state index is 0.204. The van der Waals surface area contributed by atoms with Gasteiger partial charge in [-0.15, -0.1) is 0 Å². The van der Waals surface area contributed by atoms with Crippen LogP contribution in [0.5, 0.6) is 0 Å². The Bertz CT molecular complexity index is 236. The number of ether oxygens (including phenoxy) is 1. The normalized spacial score (nSPS) is 19.4. The molecule has 1 fully saturated rings. The van der Waals surface area contributed by atoms with Crippen LogP contribution < -0.4 is 5.32 Å². The van der Waals surface area contributed by atoms with Crippen LogP contribution in [0.15, 0.2) is 0 Å². The molecule has 4 nitrogen and oxygen atoms in total. The molecule has 0 saturated carbocycles. The molecule has 1 heterocycles. The monoisotopic (exact) mass is 242 g/mol. The Labute approximate surface area is 105 Å². The Morgan fingerprint density at radius 1 is 1.35 bits per heavy atom. The predicted octanol–water partition coefficient (Wildman–Crippen LogP) is 1.40. The minimum atomic E-state index is 0.204. The SMILES string of the molecule is CCCOCCC(=O)N1CCC(C)(NC)CC1. The Hall–Kier alpha value is -0.610. The molecule has 4 heteroatoms. The Morgan fingerprint density at radius 3 is 2.53 bits per heavy atom. The fourth-order valence-corrected chi connectivity index (χ4v) is 2.06. The summed E-state index contributed by atoms with van der Waals surface area (Å²) in [5.41, 5.74) is 0.204. The summed E-state index contributed by atoms with van der Waals surface area (Å²) in [5.74, 6) is 0.235. The maximum atomic E-state index is 11.9. The molecule has 0 spiro atoms. The molecule has 0 aromatic heterocycles. The van der Waals surface area contributed by atoms with Crippen LogP contribution in [0.1, 0.15) is 39.5 Å². The molecule has 0 aromatic rings. The number of piperidine rings is 1. The van der Waals surface area contributed by atoms with Gasteiger partial charge in [0.2, 0.25) is 5.91 Å². The molecule has 1 N–H and O–H groups in total. The molecule has 0 unspecified atom stereocenters. The van der Waals surface area contributed by atoms with Crippen molar-refractivity contribution in [3.8, 4) is 0 Å². The molecule has 0 bridgehead atoms. The highest BCUT2D eigenvalue weighted by molar-refractivity contribution is 5.76. The summed E-state index contributed by atoms with van der Waals surface area (Å²) in [6.45, 7) is 7.34. The third-order valence-electron chi connectivity index (χ3n) is 3.63. The van der Waals surface area contributed by atoms with Crippen LogP contribution in [0.25, 0.3) is 0 Å².